The summed E-state index contributed by atoms with van der Waals surface area (Å²) >= 11 is 0. The standard InChI is InChI=1S/C18H35N3O2/c1-5-21-11-7-9-15(13-21)20-16-10-6-8-14(16)12-19-17(22)23-18(2,3)4/h14-16,20H,5-13H2,1-4H3,(H,19,22). The van der Waals surface area contributed by atoms with Crippen LogP contribution in [0.5, 0.6) is 0 Å². The van der Waals surface area contributed by atoms with Gasteiger partial charge in [0.1, 0.15) is 5.60 Å². The summed E-state index contributed by atoms with van der Waals surface area (Å²) in [4.78, 5) is 14.4. The van der Waals surface area contributed by atoms with Crippen molar-refractivity contribution >= 4 is 6.09 Å². The fraction of sp³-hybridized carbons (Fsp3) is 0.944. The van der Waals surface area contributed by atoms with Gasteiger partial charge in [0.15, 0.2) is 0 Å². The summed E-state index contributed by atoms with van der Waals surface area (Å²) in [5.74, 6) is 0.527. The monoisotopic (exact) mass is 325 g/mol. The summed E-state index contributed by atoms with van der Waals surface area (Å²) < 4.78 is 5.33. The molecule has 0 aromatic carbocycles. The number of likely N-dealkylation sites (tertiary alicyclic amines) is 1. The van der Waals surface area contributed by atoms with Gasteiger partial charge in [0.25, 0.3) is 0 Å². The highest BCUT2D eigenvalue weighted by Crippen LogP contribution is 2.26. The molecule has 0 aromatic rings. The molecular weight excluding hydrogens is 290 g/mol. The van der Waals surface area contributed by atoms with Crippen molar-refractivity contribution in [3.8, 4) is 0 Å². The predicted octanol–water partition coefficient (Wildman–Crippen LogP) is 2.75. The summed E-state index contributed by atoms with van der Waals surface area (Å²) in [5.41, 5.74) is -0.427. The van der Waals surface area contributed by atoms with E-state index < -0.39 is 5.60 Å². The second-order valence-electron chi connectivity index (χ2n) is 8.08. The molecule has 1 aliphatic carbocycles. The maximum Gasteiger partial charge on any atom is 0.407 e. The number of carbonyl (C=O) groups is 1. The van der Waals surface area contributed by atoms with E-state index in [0.717, 1.165) is 13.1 Å². The smallest absolute Gasteiger partial charge is 0.407 e. The van der Waals surface area contributed by atoms with E-state index in [9.17, 15) is 4.79 Å². The SMILES string of the molecule is CCN1CCCC(NC2CCCC2CNC(=O)OC(C)(C)C)C1. The number of nitrogens with zero attached hydrogens (tertiary/aromatic N) is 1. The van der Waals surface area contributed by atoms with Gasteiger partial charge in [-0.15, -0.1) is 0 Å². The number of carbonyl (C=O) groups excluding carboxylic acids is 1. The normalized spacial score (nSPS) is 29.5. The van der Waals surface area contributed by atoms with Crippen LogP contribution in [0.2, 0.25) is 0 Å². The minimum Gasteiger partial charge on any atom is -0.444 e. The molecule has 0 bridgehead atoms. The Morgan fingerprint density at radius 3 is 2.70 bits per heavy atom. The first kappa shape index (κ1) is 18.5. The number of hydrogen-bond donors (Lipinski definition) is 2. The van der Waals surface area contributed by atoms with Crippen LogP contribution in [0.1, 0.15) is 59.8 Å². The van der Waals surface area contributed by atoms with Crippen molar-refractivity contribution in [2.45, 2.75) is 77.5 Å². The van der Waals surface area contributed by atoms with Gasteiger partial charge in [0, 0.05) is 25.2 Å². The summed E-state index contributed by atoms with van der Waals surface area (Å²) in [7, 11) is 0. The lowest BCUT2D eigenvalue weighted by Crippen LogP contribution is -2.51. The molecule has 2 fully saturated rings. The average molecular weight is 325 g/mol. The number of nitrogens with one attached hydrogen (secondary N) is 2. The van der Waals surface area contributed by atoms with Crippen molar-refractivity contribution in [2.75, 3.05) is 26.2 Å². The van der Waals surface area contributed by atoms with Crippen molar-refractivity contribution in [1.29, 1.82) is 0 Å². The Kier molecular flexibility index (Phi) is 6.72. The first-order chi connectivity index (χ1) is 10.9. The minimum atomic E-state index is -0.427. The zero-order chi connectivity index (χ0) is 16.9. The third-order valence-corrected chi connectivity index (χ3v) is 4.97. The molecule has 23 heavy (non-hydrogen) atoms. The zero-order valence-corrected chi connectivity index (χ0v) is 15.4. The Hall–Kier alpha value is -0.810. The summed E-state index contributed by atoms with van der Waals surface area (Å²) in [5, 5.41) is 6.83. The lowest BCUT2D eigenvalue weighted by atomic mass is 9.99. The first-order valence-electron chi connectivity index (χ1n) is 9.32. The highest BCUT2D eigenvalue weighted by molar-refractivity contribution is 5.67. The molecule has 5 nitrogen and oxygen atoms in total. The van der Waals surface area contributed by atoms with Crippen LogP contribution in [0.25, 0.3) is 0 Å². The summed E-state index contributed by atoms with van der Waals surface area (Å²) in [6, 6.07) is 1.14. The van der Waals surface area contributed by atoms with Crippen LogP contribution in [0.4, 0.5) is 4.79 Å². The maximum atomic E-state index is 11.8. The van der Waals surface area contributed by atoms with Gasteiger partial charge in [-0.2, -0.15) is 0 Å². The van der Waals surface area contributed by atoms with Gasteiger partial charge in [0.05, 0.1) is 0 Å². The number of ether oxygens (including phenoxy) is 1. The molecule has 2 N–H and O–H groups in total. The quantitative estimate of drug-likeness (QED) is 0.816. The Labute approximate surface area is 141 Å². The zero-order valence-electron chi connectivity index (χ0n) is 15.4. The van der Waals surface area contributed by atoms with Gasteiger partial charge in [0.2, 0.25) is 0 Å². The summed E-state index contributed by atoms with van der Waals surface area (Å²) in [6.07, 6.45) is 5.94. The molecule has 3 unspecified atom stereocenters. The molecule has 0 spiro atoms. The molecule has 0 radical (unpaired) electrons. The van der Waals surface area contributed by atoms with Gasteiger partial charge in [-0.3, -0.25) is 0 Å². The molecule has 134 valence electrons. The lowest BCUT2D eigenvalue weighted by molar-refractivity contribution is 0.0516. The lowest BCUT2D eigenvalue weighted by Gasteiger charge is -2.35. The number of rotatable bonds is 5. The van der Waals surface area contributed by atoms with Crippen LogP contribution in [0.3, 0.4) is 0 Å². The van der Waals surface area contributed by atoms with E-state index >= 15 is 0 Å². The van der Waals surface area contributed by atoms with Crippen molar-refractivity contribution < 1.29 is 9.53 Å². The topological polar surface area (TPSA) is 53.6 Å². The first-order valence-corrected chi connectivity index (χ1v) is 9.32. The largest absolute Gasteiger partial charge is 0.444 e. The molecular formula is C18H35N3O2. The third kappa shape index (κ3) is 6.30. The average Bonchev–Trinajstić information content (AvgIpc) is 2.91. The van der Waals surface area contributed by atoms with Gasteiger partial charge >= 0.3 is 6.09 Å². The Morgan fingerprint density at radius 1 is 1.22 bits per heavy atom. The molecule has 1 amide bonds. The third-order valence-electron chi connectivity index (χ3n) is 4.97. The molecule has 1 saturated carbocycles. The van der Waals surface area contributed by atoms with Crippen LogP contribution in [-0.2, 0) is 4.74 Å². The predicted molar refractivity (Wildman–Crippen MR) is 93.6 cm³/mol. The van der Waals surface area contributed by atoms with E-state index in [2.05, 4.69) is 22.5 Å². The van der Waals surface area contributed by atoms with Crippen LogP contribution < -0.4 is 10.6 Å². The van der Waals surface area contributed by atoms with Crippen LogP contribution in [0, 0.1) is 5.92 Å². The van der Waals surface area contributed by atoms with E-state index in [0.29, 0.717) is 18.0 Å². The van der Waals surface area contributed by atoms with E-state index in [4.69, 9.17) is 4.74 Å². The maximum absolute atomic E-state index is 11.8. The molecule has 3 atom stereocenters. The van der Waals surface area contributed by atoms with E-state index in [1.54, 1.807) is 0 Å². The molecule has 1 aliphatic heterocycles. The van der Waals surface area contributed by atoms with E-state index in [-0.39, 0.29) is 6.09 Å². The van der Waals surface area contributed by atoms with Crippen molar-refractivity contribution in [2.24, 2.45) is 5.92 Å². The number of likely N-dealkylation sites (N-methyl/N-ethyl adjacent to an activating group) is 1. The molecule has 1 heterocycles. The summed E-state index contributed by atoms with van der Waals surface area (Å²) in [6.45, 7) is 12.2. The molecule has 0 aromatic heterocycles. The number of piperidine rings is 1. The minimum absolute atomic E-state index is 0.294. The number of amides is 1. The van der Waals surface area contributed by atoms with E-state index in [1.807, 2.05) is 20.8 Å². The molecule has 1 saturated heterocycles. The van der Waals surface area contributed by atoms with Gasteiger partial charge in [-0.25, -0.2) is 4.79 Å². The van der Waals surface area contributed by atoms with Crippen LogP contribution >= 0.6 is 0 Å². The second kappa shape index (κ2) is 8.34. The Balaban J connectivity index is 1.75. The molecule has 2 aliphatic rings. The van der Waals surface area contributed by atoms with Gasteiger partial charge in [-0.1, -0.05) is 13.3 Å². The fourth-order valence-corrected chi connectivity index (χ4v) is 3.81. The van der Waals surface area contributed by atoms with Crippen molar-refractivity contribution in [1.82, 2.24) is 15.5 Å². The molecule has 2 rings (SSSR count). The van der Waals surface area contributed by atoms with Gasteiger partial charge < -0.3 is 20.3 Å². The van der Waals surface area contributed by atoms with Crippen LogP contribution in [0.15, 0.2) is 0 Å². The van der Waals surface area contributed by atoms with Crippen molar-refractivity contribution in [3.63, 3.8) is 0 Å². The Morgan fingerprint density at radius 2 is 2.00 bits per heavy atom. The van der Waals surface area contributed by atoms with Gasteiger partial charge in [-0.05, 0) is 65.5 Å². The number of alkyl carbamates (subject to hydrolysis) is 1. The highest BCUT2D eigenvalue weighted by atomic mass is 16.6. The van der Waals surface area contributed by atoms with Crippen molar-refractivity contribution in [3.05, 3.63) is 0 Å². The molecule has 5 heteroatoms. The van der Waals surface area contributed by atoms with Crippen LogP contribution in [-0.4, -0.2) is 54.9 Å². The highest BCUT2D eigenvalue weighted by Gasteiger charge is 2.31. The van der Waals surface area contributed by atoms with E-state index in [1.165, 1.54) is 45.2 Å². The fourth-order valence-electron chi connectivity index (χ4n) is 3.81. The second-order valence-corrected chi connectivity index (χ2v) is 8.08. The Bertz CT molecular complexity index is 381. The number of hydrogen-bond acceptors (Lipinski definition) is 4.